The smallest absolute Gasteiger partial charge is 0.294 e. The van der Waals surface area contributed by atoms with E-state index in [2.05, 4.69) is 27.2 Å². The van der Waals surface area contributed by atoms with Crippen molar-refractivity contribution in [3.63, 3.8) is 0 Å². The number of piperidine rings is 1. The van der Waals surface area contributed by atoms with E-state index < -0.39 is 0 Å². The average Bonchev–Trinajstić information content (AvgIpc) is 3.09. The molecule has 32 heavy (non-hydrogen) atoms. The average molecular weight is 437 g/mol. The number of nitrogens with one attached hydrogen (secondary N) is 1. The van der Waals surface area contributed by atoms with Crippen LogP contribution in [0.5, 0.6) is 0 Å². The standard InChI is InChI=1S/C24H32N6O2/c1-4-30-18(3)19(17(2)27-30)16-25-22(31)12-15-29-21-11-7-6-10-20(21)26-23(24(29)32)28-13-8-5-9-14-28/h6-7,10-11H,4-5,8-9,12-16H2,1-3H3,(H,25,31). The van der Waals surface area contributed by atoms with Crippen LogP contribution >= 0.6 is 0 Å². The Morgan fingerprint density at radius 1 is 1.12 bits per heavy atom. The largest absolute Gasteiger partial charge is 0.352 e. The summed E-state index contributed by atoms with van der Waals surface area (Å²) in [5.74, 6) is 0.419. The van der Waals surface area contributed by atoms with E-state index in [4.69, 9.17) is 0 Å². The zero-order chi connectivity index (χ0) is 22.7. The predicted molar refractivity (Wildman–Crippen MR) is 126 cm³/mol. The van der Waals surface area contributed by atoms with Gasteiger partial charge in [-0.05, 0) is 52.2 Å². The third-order valence-electron chi connectivity index (χ3n) is 6.35. The van der Waals surface area contributed by atoms with Gasteiger partial charge in [0, 0.05) is 50.4 Å². The Balaban J connectivity index is 1.51. The van der Waals surface area contributed by atoms with Crippen LogP contribution in [-0.4, -0.2) is 38.3 Å². The molecule has 1 fully saturated rings. The molecule has 0 unspecified atom stereocenters. The van der Waals surface area contributed by atoms with E-state index in [1.54, 1.807) is 4.57 Å². The zero-order valence-corrected chi connectivity index (χ0v) is 19.2. The van der Waals surface area contributed by atoms with Gasteiger partial charge in [-0.1, -0.05) is 12.1 Å². The summed E-state index contributed by atoms with van der Waals surface area (Å²) in [5.41, 5.74) is 4.50. The number of aryl methyl sites for hydroxylation is 3. The highest BCUT2D eigenvalue weighted by Crippen LogP contribution is 2.18. The van der Waals surface area contributed by atoms with Crippen LogP contribution in [0.25, 0.3) is 11.0 Å². The minimum atomic E-state index is -0.116. The fraction of sp³-hybridized carbons (Fsp3) is 0.500. The van der Waals surface area contributed by atoms with Crippen molar-refractivity contribution >= 4 is 22.8 Å². The lowest BCUT2D eigenvalue weighted by atomic mass is 10.1. The maximum Gasteiger partial charge on any atom is 0.294 e. The molecular weight excluding hydrogens is 404 g/mol. The lowest BCUT2D eigenvalue weighted by Gasteiger charge is -2.27. The Labute approximate surface area is 188 Å². The molecule has 0 spiro atoms. The quantitative estimate of drug-likeness (QED) is 0.616. The van der Waals surface area contributed by atoms with E-state index in [0.29, 0.717) is 18.9 Å². The summed E-state index contributed by atoms with van der Waals surface area (Å²) in [6, 6.07) is 7.65. The highest BCUT2D eigenvalue weighted by Gasteiger charge is 2.19. The molecule has 3 aromatic rings. The van der Waals surface area contributed by atoms with Crippen molar-refractivity contribution < 1.29 is 4.79 Å². The van der Waals surface area contributed by atoms with Gasteiger partial charge in [0.2, 0.25) is 5.91 Å². The predicted octanol–water partition coefficient (Wildman–Crippen LogP) is 2.93. The summed E-state index contributed by atoms with van der Waals surface area (Å²) >= 11 is 0. The van der Waals surface area contributed by atoms with Gasteiger partial charge in [-0.2, -0.15) is 5.10 Å². The van der Waals surface area contributed by atoms with Crippen LogP contribution in [0.3, 0.4) is 0 Å². The second kappa shape index (κ2) is 9.54. The molecule has 2 aromatic heterocycles. The van der Waals surface area contributed by atoms with Gasteiger partial charge in [0.05, 0.1) is 16.7 Å². The van der Waals surface area contributed by atoms with Crippen LogP contribution in [0.2, 0.25) is 0 Å². The maximum atomic E-state index is 13.3. The van der Waals surface area contributed by atoms with Gasteiger partial charge >= 0.3 is 0 Å². The molecule has 1 saturated heterocycles. The third kappa shape index (κ3) is 4.40. The summed E-state index contributed by atoms with van der Waals surface area (Å²) in [7, 11) is 0. The van der Waals surface area contributed by atoms with Gasteiger partial charge in [-0.3, -0.25) is 14.3 Å². The number of hydrogen-bond acceptors (Lipinski definition) is 5. The van der Waals surface area contributed by atoms with E-state index in [-0.39, 0.29) is 17.9 Å². The molecule has 0 saturated carbocycles. The molecule has 0 radical (unpaired) electrons. The summed E-state index contributed by atoms with van der Waals surface area (Å²) in [6.07, 6.45) is 3.56. The molecule has 8 heteroatoms. The van der Waals surface area contributed by atoms with Gasteiger partial charge in [-0.15, -0.1) is 0 Å². The van der Waals surface area contributed by atoms with Crippen molar-refractivity contribution in [2.45, 2.75) is 66.1 Å². The van der Waals surface area contributed by atoms with Crippen molar-refractivity contribution in [2.75, 3.05) is 18.0 Å². The van der Waals surface area contributed by atoms with Crippen LogP contribution < -0.4 is 15.8 Å². The van der Waals surface area contributed by atoms with E-state index in [0.717, 1.165) is 60.5 Å². The second-order valence-corrected chi connectivity index (χ2v) is 8.42. The molecule has 0 bridgehead atoms. The van der Waals surface area contributed by atoms with Gasteiger partial charge in [-0.25, -0.2) is 4.98 Å². The maximum absolute atomic E-state index is 13.3. The molecule has 170 valence electrons. The monoisotopic (exact) mass is 436 g/mol. The first-order valence-corrected chi connectivity index (χ1v) is 11.5. The van der Waals surface area contributed by atoms with E-state index in [9.17, 15) is 9.59 Å². The number of anilines is 1. The number of para-hydroxylation sites is 2. The van der Waals surface area contributed by atoms with E-state index >= 15 is 0 Å². The number of benzene rings is 1. The Morgan fingerprint density at radius 2 is 1.88 bits per heavy atom. The highest BCUT2D eigenvalue weighted by atomic mass is 16.2. The molecule has 1 aliphatic heterocycles. The fourth-order valence-electron chi connectivity index (χ4n) is 4.50. The minimum absolute atomic E-state index is 0.0830. The number of amides is 1. The second-order valence-electron chi connectivity index (χ2n) is 8.42. The first kappa shape index (κ1) is 22.0. The number of nitrogens with zero attached hydrogens (tertiary/aromatic N) is 5. The number of carbonyl (C=O) groups is 1. The molecule has 1 aliphatic rings. The van der Waals surface area contributed by atoms with Crippen LogP contribution in [0.4, 0.5) is 5.82 Å². The van der Waals surface area contributed by atoms with Crippen molar-refractivity contribution in [3.8, 4) is 0 Å². The van der Waals surface area contributed by atoms with Gasteiger partial charge < -0.3 is 14.8 Å². The molecular formula is C24H32N6O2. The lowest BCUT2D eigenvalue weighted by Crippen LogP contribution is -2.37. The van der Waals surface area contributed by atoms with Gasteiger partial charge in [0.25, 0.3) is 5.56 Å². The minimum Gasteiger partial charge on any atom is -0.352 e. The molecule has 0 aliphatic carbocycles. The molecule has 4 rings (SSSR count). The van der Waals surface area contributed by atoms with Crippen molar-refractivity contribution in [3.05, 3.63) is 51.6 Å². The van der Waals surface area contributed by atoms with Crippen LogP contribution in [0.15, 0.2) is 29.1 Å². The Kier molecular flexibility index (Phi) is 6.58. The summed E-state index contributed by atoms with van der Waals surface area (Å²) in [6.45, 7) is 9.31. The topological polar surface area (TPSA) is 85.0 Å². The molecule has 1 aromatic carbocycles. The lowest BCUT2D eigenvalue weighted by molar-refractivity contribution is -0.121. The van der Waals surface area contributed by atoms with Gasteiger partial charge in [0.15, 0.2) is 5.82 Å². The molecule has 1 N–H and O–H groups in total. The van der Waals surface area contributed by atoms with E-state index in [1.807, 2.05) is 42.8 Å². The van der Waals surface area contributed by atoms with Crippen molar-refractivity contribution in [1.82, 2.24) is 24.6 Å². The number of rotatable bonds is 7. The van der Waals surface area contributed by atoms with Crippen LogP contribution in [0, 0.1) is 13.8 Å². The number of hydrogen-bond donors (Lipinski definition) is 1. The zero-order valence-electron chi connectivity index (χ0n) is 19.2. The van der Waals surface area contributed by atoms with Crippen LogP contribution in [0.1, 0.15) is 49.6 Å². The first-order valence-electron chi connectivity index (χ1n) is 11.5. The summed E-state index contributed by atoms with van der Waals surface area (Å²) in [5, 5.41) is 7.51. The van der Waals surface area contributed by atoms with Crippen LogP contribution in [-0.2, 0) is 24.4 Å². The number of fused-ring (bicyclic) bond motifs is 1. The summed E-state index contributed by atoms with van der Waals surface area (Å²) < 4.78 is 3.65. The Hall–Kier alpha value is -3.16. The first-order chi connectivity index (χ1) is 15.5. The fourth-order valence-corrected chi connectivity index (χ4v) is 4.50. The Morgan fingerprint density at radius 3 is 2.59 bits per heavy atom. The molecule has 8 nitrogen and oxygen atoms in total. The van der Waals surface area contributed by atoms with Crippen molar-refractivity contribution in [1.29, 1.82) is 0 Å². The van der Waals surface area contributed by atoms with Gasteiger partial charge in [0.1, 0.15) is 0 Å². The number of aromatic nitrogens is 4. The molecule has 3 heterocycles. The molecule has 1 amide bonds. The molecule has 0 atom stereocenters. The van der Waals surface area contributed by atoms with E-state index in [1.165, 1.54) is 6.42 Å². The van der Waals surface area contributed by atoms with Crippen molar-refractivity contribution in [2.24, 2.45) is 0 Å². The Bertz CT molecular complexity index is 1170. The third-order valence-corrected chi connectivity index (χ3v) is 6.35. The normalized spacial score (nSPS) is 14.2. The number of carbonyl (C=O) groups excluding carboxylic acids is 1. The highest BCUT2D eigenvalue weighted by molar-refractivity contribution is 5.78. The summed E-state index contributed by atoms with van der Waals surface area (Å²) in [4.78, 5) is 32.7. The SMILES string of the molecule is CCn1nc(C)c(CNC(=O)CCn2c(=O)c(N3CCCCC3)nc3ccccc32)c1C.